The summed E-state index contributed by atoms with van der Waals surface area (Å²) in [5.41, 5.74) is -0.354. The third kappa shape index (κ3) is 4.81. The van der Waals surface area contributed by atoms with E-state index in [1.165, 1.54) is 24.3 Å². The molecule has 0 radical (unpaired) electrons. The number of aliphatic imine (C=N–C) groups is 1. The van der Waals surface area contributed by atoms with Crippen LogP contribution in [0.15, 0.2) is 88.8 Å². The Morgan fingerprint density at radius 1 is 0.972 bits per heavy atom. The molecule has 3 aromatic carbocycles. The van der Waals surface area contributed by atoms with Crippen molar-refractivity contribution in [2.24, 2.45) is 4.99 Å². The average Bonchev–Trinajstić information content (AvgIpc) is 3.27. The van der Waals surface area contributed by atoms with E-state index in [1.54, 1.807) is 30.3 Å². The topological polar surface area (TPSA) is 110 Å². The largest absolute Gasteiger partial charge is 0.292 e. The number of para-hydroxylation sites is 1. The summed E-state index contributed by atoms with van der Waals surface area (Å²) in [6.45, 7) is 0. The molecule has 13 heteroatoms. The number of ketones is 1. The first-order chi connectivity index (χ1) is 16.9. The van der Waals surface area contributed by atoms with E-state index in [-0.39, 0.29) is 5.56 Å². The zero-order valence-electron chi connectivity index (χ0n) is 18.0. The summed E-state index contributed by atoms with van der Waals surface area (Å²) in [7, 11) is -4.89. The smallest absolute Gasteiger partial charge is 0.289 e. The summed E-state index contributed by atoms with van der Waals surface area (Å²) >= 11 is 18.4. The minimum absolute atomic E-state index is 0.0362. The molecule has 0 aromatic heterocycles. The van der Waals surface area contributed by atoms with Gasteiger partial charge in [-0.2, -0.15) is 0 Å². The number of carbonyl (C=O) groups excluding carboxylic acids is 1. The van der Waals surface area contributed by atoms with Crippen molar-refractivity contribution in [3.05, 3.63) is 106 Å². The second-order valence-electron chi connectivity index (χ2n) is 7.65. The van der Waals surface area contributed by atoms with Crippen molar-refractivity contribution in [1.29, 1.82) is 0 Å². The fourth-order valence-corrected chi connectivity index (χ4v) is 6.22. The molecule has 3 aromatic rings. The van der Waals surface area contributed by atoms with Gasteiger partial charge in [0.15, 0.2) is 16.5 Å². The standard InChI is InChI=1S/C23H15Cl3FN3O5S/c24-23(25,26)22-28-19(14-6-2-1-3-7-14)20(21(31)15-10-12-16(27)13-11-15)29(22)36(34,35)18-9-5-4-8-17(18)30(32)33/h1-13,19-20H/t19-,20+/m1/s1. The molecule has 0 aliphatic carbocycles. The molecule has 1 aliphatic heterocycles. The maximum atomic E-state index is 13.9. The second kappa shape index (κ2) is 9.78. The highest BCUT2D eigenvalue weighted by Gasteiger charge is 2.54. The quantitative estimate of drug-likeness (QED) is 0.168. The van der Waals surface area contributed by atoms with Gasteiger partial charge in [0, 0.05) is 11.6 Å². The van der Waals surface area contributed by atoms with Gasteiger partial charge >= 0.3 is 0 Å². The predicted molar refractivity (Wildman–Crippen MR) is 134 cm³/mol. The summed E-state index contributed by atoms with van der Waals surface area (Å²) < 4.78 is 39.5. The van der Waals surface area contributed by atoms with Gasteiger partial charge in [0.05, 0.1) is 4.92 Å². The van der Waals surface area contributed by atoms with Crippen molar-refractivity contribution in [1.82, 2.24) is 4.31 Å². The molecule has 186 valence electrons. The highest BCUT2D eigenvalue weighted by Crippen LogP contribution is 2.44. The fourth-order valence-electron chi connectivity index (χ4n) is 3.85. The Kier molecular flexibility index (Phi) is 7.07. The van der Waals surface area contributed by atoms with Crippen molar-refractivity contribution >= 4 is 62.1 Å². The number of hydrogen-bond acceptors (Lipinski definition) is 6. The van der Waals surface area contributed by atoms with Gasteiger partial charge in [0.1, 0.15) is 17.9 Å². The number of nitrogens with zero attached hydrogens (tertiary/aromatic N) is 3. The molecule has 0 spiro atoms. The van der Waals surface area contributed by atoms with Crippen LogP contribution in [0, 0.1) is 15.9 Å². The number of rotatable bonds is 6. The van der Waals surface area contributed by atoms with E-state index < -0.39 is 58.8 Å². The van der Waals surface area contributed by atoms with E-state index in [9.17, 15) is 27.7 Å². The minimum atomic E-state index is -4.89. The number of alkyl halides is 3. The molecule has 0 unspecified atom stereocenters. The van der Waals surface area contributed by atoms with Crippen LogP contribution in [0.3, 0.4) is 0 Å². The monoisotopic (exact) mass is 569 g/mol. The number of benzene rings is 3. The molecule has 1 aliphatic rings. The van der Waals surface area contributed by atoms with Crippen LogP contribution in [0.25, 0.3) is 0 Å². The van der Waals surface area contributed by atoms with Crippen LogP contribution >= 0.6 is 34.8 Å². The number of sulfonamides is 1. The van der Waals surface area contributed by atoms with Crippen LogP contribution in [-0.4, -0.2) is 39.1 Å². The molecule has 2 atom stereocenters. The lowest BCUT2D eigenvalue weighted by atomic mass is 9.94. The molecule has 4 rings (SSSR count). The maximum Gasteiger partial charge on any atom is 0.289 e. The Morgan fingerprint density at radius 2 is 1.56 bits per heavy atom. The van der Waals surface area contributed by atoms with E-state index in [4.69, 9.17) is 34.8 Å². The highest BCUT2D eigenvalue weighted by molar-refractivity contribution is 7.90. The summed E-state index contributed by atoms with van der Waals surface area (Å²) in [6.07, 6.45) is 0. The number of amidine groups is 1. The van der Waals surface area contributed by atoms with Crippen LogP contribution in [-0.2, 0) is 10.0 Å². The molecule has 0 bridgehead atoms. The van der Waals surface area contributed by atoms with E-state index in [0.29, 0.717) is 9.87 Å². The SMILES string of the molecule is O=C(c1ccc(F)cc1)[C@@H]1[C@@H](c2ccccc2)N=C(C(Cl)(Cl)Cl)N1S(=O)(=O)c1ccccc1[N+](=O)[O-]. The van der Waals surface area contributed by atoms with Gasteiger partial charge in [0.2, 0.25) is 3.79 Å². The normalized spacial score (nSPS) is 18.1. The number of nitro benzene ring substituents is 1. The van der Waals surface area contributed by atoms with Crippen molar-refractivity contribution < 1.29 is 22.5 Å². The van der Waals surface area contributed by atoms with Crippen LogP contribution in [0.4, 0.5) is 10.1 Å². The van der Waals surface area contributed by atoms with Crippen LogP contribution in [0.1, 0.15) is 22.0 Å². The molecular formula is C23H15Cl3FN3O5S. The minimum Gasteiger partial charge on any atom is -0.292 e. The summed E-state index contributed by atoms with van der Waals surface area (Å²) in [4.78, 5) is 28.1. The molecule has 0 fully saturated rings. The summed E-state index contributed by atoms with van der Waals surface area (Å²) in [5.74, 6) is -2.00. The van der Waals surface area contributed by atoms with Crippen LogP contribution in [0.5, 0.6) is 0 Å². The van der Waals surface area contributed by atoms with Gasteiger partial charge in [-0.25, -0.2) is 17.1 Å². The average molecular weight is 571 g/mol. The number of halogens is 4. The number of hydrogen-bond donors (Lipinski definition) is 0. The van der Waals surface area contributed by atoms with Crippen LogP contribution in [0.2, 0.25) is 0 Å². The summed E-state index contributed by atoms with van der Waals surface area (Å²) in [5, 5.41) is 11.6. The Bertz CT molecular complexity index is 1460. The third-order valence-electron chi connectivity index (χ3n) is 5.41. The lowest BCUT2D eigenvalue weighted by molar-refractivity contribution is -0.387. The molecular weight excluding hydrogens is 556 g/mol. The van der Waals surface area contributed by atoms with Crippen molar-refractivity contribution in [3.8, 4) is 0 Å². The first-order valence-corrected chi connectivity index (χ1v) is 12.8. The van der Waals surface area contributed by atoms with Gasteiger partial charge < -0.3 is 0 Å². The van der Waals surface area contributed by atoms with E-state index in [0.717, 1.165) is 24.3 Å². The van der Waals surface area contributed by atoms with E-state index in [1.807, 2.05) is 0 Å². The van der Waals surface area contributed by atoms with Crippen LogP contribution < -0.4 is 0 Å². The molecule has 8 nitrogen and oxygen atoms in total. The predicted octanol–water partition coefficient (Wildman–Crippen LogP) is 5.50. The fraction of sp³-hybridized carbons (Fsp3) is 0.130. The molecule has 36 heavy (non-hydrogen) atoms. The number of carbonyl (C=O) groups is 1. The van der Waals surface area contributed by atoms with E-state index >= 15 is 0 Å². The van der Waals surface area contributed by atoms with Crippen molar-refractivity contribution in [3.63, 3.8) is 0 Å². The van der Waals surface area contributed by atoms with Crippen molar-refractivity contribution in [2.45, 2.75) is 20.8 Å². The van der Waals surface area contributed by atoms with Gasteiger partial charge in [-0.05, 0) is 35.9 Å². The molecule has 0 N–H and O–H groups in total. The zero-order chi connectivity index (χ0) is 26.3. The number of nitro groups is 1. The molecule has 0 saturated carbocycles. The van der Waals surface area contributed by atoms with Crippen molar-refractivity contribution in [2.75, 3.05) is 0 Å². The molecule has 0 saturated heterocycles. The lowest BCUT2D eigenvalue weighted by Gasteiger charge is -2.30. The van der Waals surface area contributed by atoms with Gasteiger partial charge in [-0.1, -0.05) is 77.3 Å². The van der Waals surface area contributed by atoms with Gasteiger partial charge in [-0.15, -0.1) is 0 Å². The summed E-state index contributed by atoms with van der Waals surface area (Å²) in [6, 6.07) is 14.5. The molecule has 1 heterocycles. The lowest BCUT2D eigenvalue weighted by Crippen LogP contribution is -2.50. The Labute approximate surface area is 220 Å². The first kappa shape index (κ1) is 26.0. The van der Waals surface area contributed by atoms with Gasteiger partial charge in [0.25, 0.3) is 15.7 Å². The third-order valence-corrected chi connectivity index (χ3v) is 7.74. The van der Waals surface area contributed by atoms with Gasteiger partial charge in [-0.3, -0.25) is 19.9 Å². The Hall–Kier alpha value is -3.05. The Balaban J connectivity index is 1.98. The Morgan fingerprint density at radius 3 is 2.14 bits per heavy atom. The first-order valence-electron chi connectivity index (χ1n) is 10.2. The zero-order valence-corrected chi connectivity index (χ0v) is 21.0. The highest BCUT2D eigenvalue weighted by atomic mass is 35.6. The second-order valence-corrected chi connectivity index (χ2v) is 11.7. The maximum absolute atomic E-state index is 13.9. The van der Waals surface area contributed by atoms with E-state index in [2.05, 4.69) is 4.99 Å². The number of Topliss-reactive ketones (excluding diaryl/α,β-unsaturated/α-hetero) is 1. The molecule has 0 amide bonds.